The van der Waals surface area contributed by atoms with E-state index in [-0.39, 0.29) is 11.5 Å². The van der Waals surface area contributed by atoms with Gasteiger partial charge in [0.2, 0.25) is 5.95 Å². The molecule has 7 heteroatoms. The van der Waals surface area contributed by atoms with Crippen LogP contribution in [0, 0.1) is 13.8 Å². The lowest BCUT2D eigenvalue weighted by atomic mass is 10.1. The lowest BCUT2D eigenvalue weighted by Gasteiger charge is -2.11. The Kier molecular flexibility index (Phi) is 5.70. The number of benzene rings is 2. The molecule has 3 aromatic rings. The third-order valence-corrected chi connectivity index (χ3v) is 4.30. The van der Waals surface area contributed by atoms with Crippen molar-refractivity contribution in [2.45, 2.75) is 20.8 Å². The SMILES string of the molecule is CC(=O)c1cccc(NC(=O)c2cc(C)nc(Nc3cc(Cl)ccc3C)n2)c1. The molecule has 1 amide bonds. The van der Waals surface area contributed by atoms with Crippen molar-refractivity contribution in [3.63, 3.8) is 0 Å². The number of aryl methyl sites for hydroxylation is 2. The van der Waals surface area contributed by atoms with E-state index >= 15 is 0 Å². The molecule has 0 saturated heterocycles. The van der Waals surface area contributed by atoms with Crippen LogP contribution in [-0.4, -0.2) is 21.7 Å². The van der Waals surface area contributed by atoms with Gasteiger partial charge in [-0.25, -0.2) is 9.97 Å². The molecule has 0 spiro atoms. The van der Waals surface area contributed by atoms with Gasteiger partial charge in [-0.2, -0.15) is 0 Å². The van der Waals surface area contributed by atoms with Crippen molar-refractivity contribution in [3.8, 4) is 0 Å². The maximum Gasteiger partial charge on any atom is 0.274 e. The Bertz CT molecular complexity index is 1070. The van der Waals surface area contributed by atoms with Crippen LogP contribution in [0.2, 0.25) is 5.02 Å². The molecular weight excluding hydrogens is 376 g/mol. The molecule has 1 aromatic heterocycles. The van der Waals surface area contributed by atoms with Gasteiger partial charge in [-0.1, -0.05) is 29.8 Å². The summed E-state index contributed by atoms with van der Waals surface area (Å²) < 4.78 is 0. The molecule has 28 heavy (non-hydrogen) atoms. The smallest absolute Gasteiger partial charge is 0.274 e. The average molecular weight is 395 g/mol. The maximum atomic E-state index is 12.6. The molecule has 0 radical (unpaired) electrons. The number of aromatic nitrogens is 2. The second-order valence-electron chi connectivity index (χ2n) is 6.39. The number of ketones is 1. The van der Waals surface area contributed by atoms with Gasteiger partial charge < -0.3 is 10.6 Å². The predicted molar refractivity (Wildman–Crippen MR) is 111 cm³/mol. The number of Topliss-reactive ketones (excluding diaryl/α,β-unsaturated/α-hetero) is 1. The van der Waals surface area contributed by atoms with Crippen LogP contribution in [0.15, 0.2) is 48.5 Å². The van der Waals surface area contributed by atoms with Crippen LogP contribution in [-0.2, 0) is 0 Å². The highest BCUT2D eigenvalue weighted by atomic mass is 35.5. The fraction of sp³-hybridized carbons (Fsp3) is 0.143. The second kappa shape index (κ2) is 8.19. The van der Waals surface area contributed by atoms with Gasteiger partial charge in [-0.05, 0) is 56.7 Å². The number of anilines is 3. The van der Waals surface area contributed by atoms with Crippen molar-refractivity contribution in [3.05, 3.63) is 76.1 Å². The van der Waals surface area contributed by atoms with Crippen LogP contribution in [0.25, 0.3) is 0 Å². The minimum atomic E-state index is -0.392. The Morgan fingerprint density at radius 1 is 1.00 bits per heavy atom. The minimum absolute atomic E-state index is 0.0719. The van der Waals surface area contributed by atoms with Gasteiger partial charge in [0.1, 0.15) is 5.69 Å². The van der Waals surface area contributed by atoms with E-state index in [9.17, 15) is 9.59 Å². The first-order valence-electron chi connectivity index (χ1n) is 8.63. The normalized spacial score (nSPS) is 10.4. The van der Waals surface area contributed by atoms with Gasteiger partial charge in [-0.3, -0.25) is 9.59 Å². The average Bonchev–Trinajstić information content (AvgIpc) is 2.64. The highest BCUT2D eigenvalue weighted by Gasteiger charge is 2.13. The van der Waals surface area contributed by atoms with Crippen molar-refractivity contribution in [1.82, 2.24) is 9.97 Å². The lowest BCUT2D eigenvalue weighted by Crippen LogP contribution is -2.16. The zero-order chi connectivity index (χ0) is 20.3. The topological polar surface area (TPSA) is 84.0 Å². The first-order chi connectivity index (χ1) is 13.3. The lowest BCUT2D eigenvalue weighted by molar-refractivity contribution is 0.100. The fourth-order valence-corrected chi connectivity index (χ4v) is 2.77. The van der Waals surface area contributed by atoms with Gasteiger partial charge in [0, 0.05) is 27.7 Å². The number of nitrogens with zero attached hydrogens (tertiary/aromatic N) is 2. The summed E-state index contributed by atoms with van der Waals surface area (Å²) in [5.74, 6) is -0.164. The summed E-state index contributed by atoms with van der Waals surface area (Å²) in [6.45, 7) is 5.19. The summed E-state index contributed by atoms with van der Waals surface area (Å²) in [7, 11) is 0. The van der Waals surface area contributed by atoms with Crippen LogP contribution < -0.4 is 10.6 Å². The van der Waals surface area contributed by atoms with E-state index in [1.54, 1.807) is 49.4 Å². The first kappa shape index (κ1) is 19.5. The van der Waals surface area contributed by atoms with Crippen LogP contribution >= 0.6 is 11.6 Å². The number of carbonyl (C=O) groups excluding carboxylic acids is 2. The van der Waals surface area contributed by atoms with E-state index in [0.29, 0.717) is 27.9 Å². The molecular formula is C21H19ClN4O2. The number of amides is 1. The van der Waals surface area contributed by atoms with E-state index in [1.807, 2.05) is 13.0 Å². The molecule has 0 atom stereocenters. The van der Waals surface area contributed by atoms with E-state index in [0.717, 1.165) is 11.3 Å². The van der Waals surface area contributed by atoms with Gasteiger partial charge in [0.15, 0.2) is 5.78 Å². The van der Waals surface area contributed by atoms with Gasteiger partial charge in [0.25, 0.3) is 5.91 Å². The summed E-state index contributed by atoms with van der Waals surface area (Å²) in [6.07, 6.45) is 0. The molecule has 1 heterocycles. The van der Waals surface area contributed by atoms with E-state index in [1.165, 1.54) is 6.92 Å². The Morgan fingerprint density at radius 2 is 1.79 bits per heavy atom. The minimum Gasteiger partial charge on any atom is -0.324 e. The summed E-state index contributed by atoms with van der Waals surface area (Å²) >= 11 is 6.05. The zero-order valence-corrected chi connectivity index (χ0v) is 16.5. The van der Waals surface area contributed by atoms with Crippen LogP contribution in [0.4, 0.5) is 17.3 Å². The first-order valence-corrected chi connectivity index (χ1v) is 9.01. The van der Waals surface area contributed by atoms with Crippen LogP contribution in [0.5, 0.6) is 0 Å². The van der Waals surface area contributed by atoms with E-state index in [2.05, 4.69) is 20.6 Å². The quantitative estimate of drug-likeness (QED) is 0.598. The highest BCUT2D eigenvalue weighted by molar-refractivity contribution is 6.30. The summed E-state index contributed by atoms with van der Waals surface area (Å²) in [5, 5.41) is 6.45. The van der Waals surface area contributed by atoms with Gasteiger partial charge in [-0.15, -0.1) is 0 Å². The number of hydrogen-bond acceptors (Lipinski definition) is 5. The van der Waals surface area contributed by atoms with Crippen molar-refractivity contribution in [2.75, 3.05) is 10.6 Å². The maximum absolute atomic E-state index is 12.6. The van der Waals surface area contributed by atoms with Crippen molar-refractivity contribution in [2.24, 2.45) is 0 Å². The third kappa shape index (κ3) is 4.72. The summed E-state index contributed by atoms with van der Waals surface area (Å²) in [4.78, 5) is 32.8. The molecule has 0 aliphatic rings. The molecule has 0 saturated carbocycles. The Morgan fingerprint density at radius 3 is 2.54 bits per heavy atom. The number of halogens is 1. The van der Waals surface area contributed by atoms with Gasteiger partial charge in [0.05, 0.1) is 0 Å². The molecule has 0 fully saturated rings. The largest absolute Gasteiger partial charge is 0.324 e. The van der Waals surface area contributed by atoms with Crippen LogP contribution in [0.1, 0.15) is 39.0 Å². The zero-order valence-electron chi connectivity index (χ0n) is 15.7. The van der Waals surface area contributed by atoms with Crippen molar-refractivity contribution >= 4 is 40.6 Å². The van der Waals surface area contributed by atoms with E-state index < -0.39 is 5.91 Å². The summed E-state index contributed by atoms with van der Waals surface area (Å²) in [6, 6.07) is 13.8. The highest BCUT2D eigenvalue weighted by Crippen LogP contribution is 2.23. The second-order valence-corrected chi connectivity index (χ2v) is 6.83. The predicted octanol–water partition coefficient (Wildman–Crippen LogP) is 4.95. The number of nitrogens with one attached hydrogen (secondary N) is 2. The molecule has 0 bridgehead atoms. The van der Waals surface area contributed by atoms with Crippen molar-refractivity contribution in [1.29, 1.82) is 0 Å². The molecule has 142 valence electrons. The molecule has 0 aliphatic heterocycles. The molecule has 0 unspecified atom stereocenters. The molecule has 2 N–H and O–H groups in total. The monoisotopic (exact) mass is 394 g/mol. The molecule has 3 rings (SSSR count). The van der Waals surface area contributed by atoms with E-state index in [4.69, 9.17) is 11.6 Å². The third-order valence-electron chi connectivity index (χ3n) is 4.06. The Labute approximate surface area is 168 Å². The summed E-state index contributed by atoms with van der Waals surface area (Å²) in [5.41, 5.74) is 3.63. The number of hydrogen-bond donors (Lipinski definition) is 2. The fourth-order valence-electron chi connectivity index (χ4n) is 2.60. The van der Waals surface area contributed by atoms with Crippen molar-refractivity contribution < 1.29 is 9.59 Å². The number of carbonyl (C=O) groups is 2. The molecule has 0 aliphatic carbocycles. The molecule has 2 aromatic carbocycles. The Balaban J connectivity index is 1.84. The molecule has 6 nitrogen and oxygen atoms in total. The number of rotatable bonds is 5. The van der Waals surface area contributed by atoms with Gasteiger partial charge >= 0.3 is 0 Å². The van der Waals surface area contributed by atoms with Crippen LogP contribution in [0.3, 0.4) is 0 Å². The Hall–Kier alpha value is -3.25. The standard InChI is InChI=1S/C21H19ClN4O2/c1-12-7-8-16(22)11-18(12)25-21-23-13(2)9-19(26-21)20(28)24-17-6-4-5-15(10-17)14(3)27/h4-11H,1-3H3,(H,24,28)(H,23,25,26).